The molecular formula is C23H26N8O2. The third-order valence-electron chi connectivity index (χ3n) is 6.60. The Bertz CT molecular complexity index is 1420. The van der Waals surface area contributed by atoms with Gasteiger partial charge in [-0.15, -0.1) is 0 Å². The molecule has 1 aromatic carbocycles. The lowest BCUT2D eigenvalue weighted by Crippen LogP contribution is -2.46. The van der Waals surface area contributed by atoms with Crippen molar-refractivity contribution in [1.29, 1.82) is 0 Å². The Kier molecular flexibility index (Phi) is 4.12. The van der Waals surface area contributed by atoms with Gasteiger partial charge in [0.25, 0.3) is 0 Å². The van der Waals surface area contributed by atoms with Crippen LogP contribution < -0.4 is 21.1 Å². The van der Waals surface area contributed by atoms with Crippen molar-refractivity contribution in [2.45, 2.75) is 38.8 Å². The maximum Gasteiger partial charge on any atom is 0.205 e. The molecule has 5 N–H and O–H groups in total. The normalized spacial score (nSPS) is 18.0. The Balaban J connectivity index is 1.50. The highest BCUT2D eigenvalue weighted by Gasteiger charge is 2.35. The largest absolute Gasteiger partial charge is 0.496 e. The molecule has 0 amide bonds. The summed E-state index contributed by atoms with van der Waals surface area (Å²) in [6.07, 6.45) is 1.81. The van der Waals surface area contributed by atoms with E-state index in [-0.39, 0.29) is 0 Å². The third kappa shape index (κ3) is 2.87. The monoisotopic (exact) mass is 446 g/mol. The van der Waals surface area contributed by atoms with Gasteiger partial charge in [0.1, 0.15) is 29.3 Å². The number of guanidine groups is 1. The zero-order valence-electron chi connectivity index (χ0n) is 19.0. The Morgan fingerprint density at radius 3 is 2.67 bits per heavy atom. The van der Waals surface area contributed by atoms with Crippen LogP contribution in [0.4, 0.5) is 11.6 Å². The number of methoxy groups -OCH3 is 1. The Labute approximate surface area is 190 Å². The minimum absolute atomic E-state index is 0.324. The predicted octanol–water partition coefficient (Wildman–Crippen LogP) is 3.48. The quantitative estimate of drug-likeness (QED) is 0.436. The first-order chi connectivity index (χ1) is 15.9. The fraction of sp³-hybridized carbons (Fsp3) is 0.348. The SMILES string of the molecule is COc1cc2c3c([nH]c2cc1-c1c(C)noc1C)N=C(N)N(c1cc(C2CC2)nn1C)C3N. The van der Waals surface area contributed by atoms with Crippen LogP contribution in [-0.4, -0.2) is 33.0 Å². The maximum atomic E-state index is 6.80. The first-order valence-electron chi connectivity index (χ1n) is 11.0. The molecule has 4 heterocycles. The average Bonchev–Trinajstić information content (AvgIpc) is 3.36. The average molecular weight is 447 g/mol. The summed E-state index contributed by atoms with van der Waals surface area (Å²) < 4.78 is 13.0. The van der Waals surface area contributed by atoms with Gasteiger partial charge < -0.3 is 25.7 Å². The van der Waals surface area contributed by atoms with Crippen molar-refractivity contribution in [3.05, 3.63) is 40.9 Å². The summed E-state index contributed by atoms with van der Waals surface area (Å²) in [7, 11) is 3.56. The van der Waals surface area contributed by atoms with Gasteiger partial charge in [-0.1, -0.05) is 5.16 Å². The number of anilines is 1. The highest BCUT2D eigenvalue weighted by Crippen LogP contribution is 2.45. The number of nitrogens with two attached hydrogens (primary N) is 2. The van der Waals surface area contributed by atoms with Crippen LogP contribution in [0.3, 0.4) is 0 Å². The van der Waals surface area contributed by atoms with Gasteiger partial charge in [0.15, 0.2) is 0 Å². The van der Waals surface area contributed by atoms with Gasteiger partial charge in [-0.2, -0.15) is 10.1 Å². The van der Waals surface area contributed by atoms with E-state index in [1.54, 1.807) is 7.11 Å². The number of ether oxygens (including phenoxy) is 1. The number of aromatic nitrogens is 4. The van der Waals surface area contributed by atoms with Crippen molar-refractivity contribution in [3.8, 4) is 16.9 Å². The number of aliphatic imine (C=N–C) groups is 1. The Hall–Kier alpha value is -3.79. The zero-order chi connectivity index (χ0) is 23.0. The van der Waals surface area contributed by atoms with Crippen molar-refractivity contribution < 1.29 is 9.26 Å². The van der Waals surface area contributed by atoms with Gasteiger partial charge in [-0.3, -0.25) is 9.58 Å². The molecule has 10 heteroatoms. The molecule has 10 nitrogen and oxygen atoms in total. The molecule has 1 atom stereocenters. The standard InChI is InChI=1S/C23H26N8O2/c1-10-19(11(2)33-29-10)14-7-16-13(8-17(14)32-4)20-21(24)31(23(25)27-22(20)26-16)18-9-15(12-5-6-12)28-30(18)3/h7-9,12,21,26H,5-6,24H2,1-4H3,(H2,25,27). The molecule has 0 spiro atoms. The molecule has 2 aliphatic rings. The maximum absolute atomic E-state index is 6.80. The van der Waals surface area contributed by atoms with E-state index in [1.807, 2.05) is 42.6 Å². The second-order valence-electron chi connectivity index (χ2n) is 8.79. The van der Waals surface area contributed by atoms with Crippen molar-refractivity contribution in [2.24, 2.45) is 23.5 Å². The molecular weight excluding hydrogens is 420 g/mol. The van der Waals surface area contributed by atoms with Crippen LogP contribution in [0, 0.1) is 13.8 Å². The number of H-pyrrole nitrogens is 1. The number of aromatic amines is 1. The van der Waals surface area contributed by atoms with E-state index in [0.717, 1.165) is 50.6 Å². The summed E-state index contributed by atoms with van der Waals surface area (Å²) in [6, 6.07) is 6.08. The summed E-state index contributed by atoms with van der Waals surface area (Å²) >= 11 is 0. The van der Waals surface area contributed by atoms with Gasteiger partial charge in [0.2, 0.25) is 5.96 Å². The summed E-state index contributed by atoms with van der Waals surface area (Å²) in [6.45, 7) is 3.80. The first-order valence-corrected chi connectivity index (χ1v) is 11.0. The molecule has 3 aromatic heterocycles. The Morgan fingerprint density at radius 2 is 2.00 bits per heavy atom. The van der Waals surface area contributed by atoms with Crippen LogP contribution in [0.15, 0.2) is 27.7 Å². The van der Waals surface area contributed by atoms with E-state index in [1.165, 1.54) is 12.8 Å². The minimum Gasteiger partial charge on any atom is -0.496 e. The summed E-state index contributed by atoms with van der Waals surface area (Å²) in [5.74, 6) is 3.76. The van der Waals surface area contributed by atoms with Crippen LogP contribution in [0.2, 0.25) is 0 Å². The number of hydrogen-bond acceptors (Lipinski definition) is 8. The number of aryl methyl sites for hydroxylation is 3. The second kappa shape index (κ2) is 6.85. The molecule has 6 rings (SSSR count). The number of rotatable bonds is 4. The van der Waals surface area contributed by atoms with Crippen LogP contribution in [-0.2, 0) is 7.05 Å². The van der Waals surface area contributed by atoms with Crippen molar-refractivity contribution in [1.82, 2.24) is 19.9 Å². The van der Waals surface area contributed by atoms with Crippen molar-refractivity contribution in [2.75, 3.05) is 12.0 Å². The zero-order valence-corrected chi connectivity index (χ0v) is 19.0. The van der Waals surface area contributed by atoms with Gasteiger partial charge in [-0.05, 0) is 38.8 Å². The molecule has 1 unspecified atom stereocenters. The molecule has 33 heavy (non-hydrogen) atoms. The van der Waals surface area contributed by atoms with Crippen LogP contribution >= 0.6 is 0 Å². The first kappa shape index (κ1) is 19.9. The van der Waals surface area contributed by atoms with E-state index in [2.05, 4.69) is 26.3 Å². The van der Waals surface area contributed by atoms with Crippen LogP contribution in [0.5, 0.6) is 5.75 Å². The second-order valence-corrected chi connectivity index (χ2v) is 8.79. The van der Waals surface area contributed by atoms with Crippen LogP contribution in [0.25, 0.3) is 22.0 Å². The molecule has 0 radical (unpaired) electrons. The number of fused-ring (bicyclic) bond motifs is 3. The van der Waals surface area contributed by atoms with Crippen LogP contribution in [0.1, 0.15) is 47.6 Å². The van der Waals surface area contributed by atoms with E-state index < -0.39 is 6.17 Å². The molecule has 1 fully saturated rings. The van der Waals surface area contributed by atoms with Crippen molar-refractivity contribution >= 4 is 28.5 Å². The number of nitrogens with one attached hydrogen (secondary N) is 1. The van der Waals surface area contributed by atoms with E-state index in [0.29, 0.717) is 23.4 Å². The fourth-order valence-electron chi connectivity index (χ4n) is 4.83. The topological polar surface area (TPSA) is 137 Å². The van der Waals surface area contributed by atoms with E-state index in [4.69, 9.17) is 20.7 Å². The summed E-state index contributed by atoms with van der Waals surface area (Å²) in [5, 5.41) is 9.69. The summed E-state index contributed by atoms with van der Waals surface area (Å²) in [5.41, 5.74) is 18.6. The molecule has 1 aliphatic carbocycles. The highest BCUT2D eigenvalue weighted by molar-refractivity contribution is 6.03. The predicted molar refractivity (Wildman–Crippen MR) is 126 cm³/mol. The van der Waals surface area contributed by atoms with E-state index in [9.17, 15) is 0 Å². The molecule has 0 saturated heterocycles. The molecule has 0 bridgehead atoms. The number of benzene rings is 1. The Morgan fingerprint density at radius 1 is 1.21 bits per heavy atom. The fourth-order valence-corrected chi connectivity index (χ4v) is 4.83. The van der Waals surface area contributed by atoms with Crippen molar-refractivity contribution in [3.63, 3.8) is 0 Å². The van der Waals surface area contributed by atoms with E-state index >= 15 is 0 Å². The van der Waals surface area contributed by atoms with Gasteiger partial charge >= 0.3 is 0 Å². The number of nitrogens with zero attached hydrogens (tertiary/aromatic N) is 5. The summed E-state index contributed by atoms with van der Waals surface area (Å²) in [4.78, 5) is 9.88. The molecule has 4 aromatic rings. The smallest absolute Gasteiger partial charge is 0.205 e. The lowest BCUT2D eigenvalue weighted by atomic mass is 9.99. The highest BCUT2D eigenvalue weighted by atomic mass is 16.5. The third-order valence-corrected chi connectivity index (χ3v) is 6.60. The minimum atomic E-state index is -0.539. The lowest BCUT2D eigenvalue weighted by molar-refractivity contribution is 0.393. The molecule has 1 saturated carbocycles. The number of hydrogen-bond donors (Lipinski definition) is 3. The molecule has 1 aliphatic heterocycles. The van der Waals surface area contributed by atoms with Gasteiger partial charge in [0.05, 0.1) is 24.1 Å². The lowest BCUT2D eigenvalue weighted by Gasteiger charge is -2.32. The van der Waals surface area contributed by atoms with Gasteiger partial charge in [-0.25, -0.2) is 0 Å². The van der Waals surface area contributed by atoms with Gasteiger partial charge in [0, 0.05) is 41.1 Å². The molecule has 170 valence electrons.